The topological polar surface area (TPSA) is 64.3 Å². The summed E-state index contributed by atoms with van der Waals surface area (Å²) in [4.78, 5) is 11.9. The van der Waals surface area contributed by atoms with E-state index in [0.717, 1.165) is 6.42 Å². The van der Waals surface area contributed by atoms with Crippen LogP contribution in [-0.2, 0) is 4.74 Å². The summed E-state index contributed by atoms with van der Waals surface area (Å²) in [5.74, 6) is -1.75. The molecule has 0 aromatic rings. The van der Waals surface area contributed by atoms with E-state index in [9.17, 15) is 18.0 Å². The minimum Gasteiger partial charge on any atom is -0.444 e. The first kappa shape index (κ1) is 18.1. The van der Waals surface area contributed by atoms with Gasteiger partial charge in [0, 0.05) is 6.54 Å². The van der Waals surface area contributed by atoms with Crippen LogP contribution in [0.25, 0.3) is 0 Å². The van der Waals surface area contributed by atoms with Crippen molar-refractivity contribution >= 4 is 6.09 Å². The van der Waals surface area contributed by atoms with Gasteiger partial charge >= 0.3 is 12.3 Å². The number of carbonyl (C=O) groups is 1. The number of nitrogens with two attached hydrogens (primary N) is 1. The fourth-order valence-corrected chi connectivity index (χ4v) is 2.92. The summed E-state index contributed by atoms with van der Waals surface area (Å²) in [5, 5.41) is 2.49. The summed E-state index contributed by atoms with van der Waals surface area (Å²) >= 11 is 0. The lowest BCUT2D eigenvalue weighted by Crippen LogP contribution is -2.61. The fourth-order valence-electron chi connectivity index (χ4n) is 2.92. The lowest BCUT2D eigenvalue weighted by Gasteiger charge is -2.44. The number of ether oxygens (including phenoxy) is 1. The molecule has 0 aliphatic heterocycles. The van der Waals surface area contributed by atoms with E-state index >= 15 is 0 Å². The van der Waals surface area contributed by atoms with Gasteiger partial charge in [0.05, 0.1) is 11.5 Å². The van der Waals surface area contributed by atoms with Gasteiger partial charge in [-0.2, -0.15) is 13.2 Å². The summed E-state index contributed by atoms with van der Waals surface area (Å²) < 4.78 is 44.9. The number of hydrogen-bond acceptors (Lipinski definition) is 3. The zero-order valence-electron chi connectivity index (χ0n) is 12.8. The maximum atomic E-state index is 13.3. The molecule has 0 bridgehead atoms. The van der Waals surface area contributed by atoms with Crippen molar-refractivity contribution in [3.8, 4) is 0 Å². The van der Waals surface area contributed by atoms with E-state index < -0.39 is 35.9 Å². The van der Waals surface area contributed by atoms with Crippen LogP contribution in [-0.4, -0.2) is 30.0 Å². The predicted molar refractivity (Wildman–Crippen MR) is 73.8 cm³/mol. The van der Waals surface area contributed by atoms with Gasteiger partial charge in [0.15, 0.2) is 0 Å². The summed E-state index contributed by atoms with van der Waals surface area (Å²) in [6, 6.07) is 0. The molecule has 1 rings (SSSR count). The normalized spacial score (nSPS) is 20.7. The molecule has 4 nitrogen and oxygen atoms in total. The van der Waals surface area contributed by atoms with E-state index in [1.54, 1.807) is 20.8 Å². The average molecular weight is 310 g/mol. The van der Waals surface area contributed by atoms with Crippen molar-refractivity contribution < 1.29 is 22.7 Å². The van der Waals surface area contributed by atoms with Crippen molar-refractivity contribution in [3.05, 3.63) is 0 Å². The van der Waals surface area contributed by atoms with Crippen LogP contribution in [0.2, 0.25) is 0 Å². The van der Waals surface area contributed by atoms with Crippen molar-refractivity contribution in [3.63, 3.8) is 0 Å². The van der Waals surface area contributed by atoms with Crippen LogP contribution in [0.5, 0.6) is 0 Å². The molecule has 7 heteroatoms. The molecule has 0 spiro atoms. The second-order valence-electron chi connectivity index (χ2n) is 6.67. The lowest BCUT2D eigenvalue weighted by molar-refractivity contribution is -0.196. The summed E-state index contributed by atoms with van der Waals surface area (Å²) in [6.45, 7) is 4.47. The number of halogens is 3. The van der Waals surface area contributed by atoms with E-state index in [-0.39, 0.29) is 12.8 Å². The standard InChI is InChI=1S/C14H25F3N2O2/c1-12(2,3)21-11(20)19-13(7-5-4-6-8-13)10(9-18)14(15,16)17/h10H,4-9,18H2,1-3H3,(H,19,20). The summed E-state index contributed by atoms with van der Waals surface area (Å²) in [7, 11) is 0. The first-order valence-electron chi connectivity index (χ1n) is 7.28. The molecule has 124 valence electrons. The molecule has 1 aliphatic carbocycles. The van der Waals surface area contributed by atoms with Gasteiger partial charge < -0.3 is 15.8 Å². The maximum Gasteiger partial charge on any atom is 0.408 e. The van der Waals surface area contributed by atoms with Crippen LogP contribution >= 0.6 is 0 Å². The molecule has 1 unspecified atom stereocenters. The minimum atomic E-state index is -4.44. The minimum absolute atomic E-state index is 0.271. The number of carbonyl (C=O) groups excluding carboxylic acids is 1. The Morgan fingerprint density at radius 1 is 1.24 bits per heavy atom. The molecule has 0 aromatic carbocycles. The van der Waals surface area contributed by atoms with Gasteiger partial charge in [0.25, 0.3) is 0 Å². The van der Waals surface area contributed by atoms with Gasteiger partial charge in [-0.15, -0.1) is 0 Å². The Hall–Kier alpha value is -0.980. The molecule has 0 aromatic heterocycles. The maximum absolute atomic E-state index is 13.3. The van der Waals surface area contributed by atoms with Crippen molar-refractivity contribution in [2.45, 2.75) is 70.2 Å². The Kier molecular flexibility index (Phi) is 5.52. The highest BCUT2D eigenvalue weighted by Crippen LogP contribution is 2.42. The number of hydrogen-bond donors (Lipinski definition) is 2. The van der Waals surface area contributed by atoms with E-state index in [1.807, 2.05) is 0 Å². The lowest BCUT2D eigenvalue weighted by atomic mass is 9.72. The molecule has 3 N–H and O–H groups in total. The second-order valence-corrected chi connectivity index (χ2v) is 6.67. The van der Waals surface area contributed by atoms with Crippen molar-refractivity contribution in [2.75, 3.05) is 6.54 Å². The summed E-state index contributed by atoms with van der Waals surface area (Å²) in [6.07, 6.45) is -2.56. The van der Waals surface area contributed by atoms with Gasteiger partial charge in [-0.25, -0.2) is 4.79 Å². The van der Waals surface area contributed by atoms with E-state index in [1.165, 1.54) is 0 Å². The van der Waals surface area contributed by atoms with E-state index in [2.05, 4.69) is 5.32 Å². The van der Waals surface area contributed by atoms with E-state index in [0.29, 0.717) is 12.8 Å². The van der Waals surface area contributed by atoms with E-state index in [4.69, 9.17) is 10.5 Å². The van der Waals surface area contributed by atoms with Gasteiger partial charge in [0.2, 0.25) is 0 Å². The third-order valence-corrected chi connectivity index (χ3v) is 3.79. The number of nitrogens with one attached hydrogen (secondary N) is 1. The van der Waals surface area contributed by atoms with Gasteiger partial charge in [-0.05, 0) is 33.6 Å². The Labute approximate surface area is 123 Å². The second kappa shape index (κ2) is 6.42. The number of amides is 1. The molecular formula is C14H25F3N2O2. The van der Waals surface area contributed by atoms with Crippen LogP contribution in [0.1, 0.15) is 52.9 Å². The zero-order chi connectivity index (χ0) is 16.3. The highest BCUT2D eigenvalue weighted by Gasteiger charge is 2.54. The number of alkyl halides is 3. The first-order valence-corrected chi connectivity index (χ1v) is 7.28. The predicted octanol–water partition coefficient (Wildman–Crippen LogP) is 3.35. The van der Waals surface area contributed by atoms with Crippen LogP contribution in [0.15, 0.2) is 0 Å². The molecule has 1 fully saturated rings. The molecule has 1 aliphatic rings. The molecule has 1 saturated carbocycles. The molecular weight excluding hydrogens is 285 g/mol. The third-order valence-electron chi connectivity index (χ3n) is 3.79. The Balaban J connectivity index is 2.96. The Morgan fingerprint density at radius 2 is 1.76 bits per heavy atom. The van der Waals surface area contributed by atoms with Crippen molar-refractivity contribution in [1.29, 1.82) is 0 Å². The molecule has 0 radical (unpaired) electrons. The van der Waals surface area contributed by atoms with Crippen LogP contribution in [0, 0.1) is 5.92 Å². The smallest absolute Gasteiger partial charge is 0.408 e. The fraction of sp³-hybridized carbons (Fsp3) is 0.929. The third kappa shape index (κ3) is 5.05. The van der Waals surface area contributed by atoms with Crippen LogP contribution < -0.4 is 11.1 Å². The van der Waals surface area contributed by atoms with Gasteiger partial charge in [-0.3, -0.25) is 0 Å². The van der Waals surface area contributed by atoms with Crippen molar-refractivity contribution in [1.82, 2.24) is 5.32 Å². The highest BCUT2D eigenvalue weighted by atomic mass is 19.4. The van der Waals surface area contributed by atoms with Gasteiger partial charge in [0.1, 0.15) is 5.60 Å². The highest BCUT2D eigenvalue weighted by molar-refractivity contribution is 5.69. The zero-order valence-corrected chi connectivity index (χ0v) is 12.8. The van der Waals surface area contributed by atoms with Crippen molar-refractivity contribution in [2.24, 2.45) is 11.7 Å². The molecule has 21 heavy (non-hydrogen) atoms. The largest absolute Gasteiger partial charge is 0.444 e. The first-order chi connectivity index (χ1) is 9.50. The monoisotopic (exact) mass is 310 g/mol. The molecule has 0 saturated heterocycles. The molecule has 1 amide bonds. The Bertz CT molecular complexity index is 358. The molecule has 0 heterocycles. The molecule has 1 atom stereocenters. The van der Waals surface area contributed by atoms with Crippen LogP contribution in [0.4, 0.5) is 18.0 Å². The van der Waals surface area contributed by atoms with Gasteiger partial charge in [-0.1, -0.05) is 19.3 Å². The van der Waals surface area contributed by atoms with Crippen LogP contribution in [0.3, 0.4) is 0 Å². The quantitative estimate of drug-likeness (QED) is 0.840. The number of alkyl carbamates (subject to hydrolysis) is 1. The summed E-state index contributed by atoms with van der Waals surface area (Å²) in [5.41, 5.74) is 3.26. The SMILES string of the molecule is CC(C)(C)OC(=O)NC1(C(CN)C(F)(F)F)CCCCC1. The average Bonchev–Trinajstić information content (AvgIpc) is 2.25. The number of rotatable bonds is 3. The Morgan fingerprint density at radius 3 is 2.14 bits per heavy atom.